The molecule has 2 N–H and O–H groups in total. The van der Waals surface area contributed by atoms with E-state index in [0.29, 0.717) is 12.6 Å². The molecule has 0 spiro atoms. The molecule has 1 aliphatic heterocycles. The number of aliphatic imine (C=N–C) groups is 1. The van der Waals surface area contributed by atoms with E-state index in [2.05, 4.69) is 43.0 Å². The molecule has 0 atom stereocenters. The van der Waals surface area contributed by atoms with Crippen LogP contribution in [0.1, 0.15) is 31.9 Å². The van der Waals surface area contributed by atoms with Crippen molar-refractivity contribution in [1.29, 1.82) is 0 Å². The van der Waals surface area contributed by atoms with E-state index in [-0.39, 0.29) is 24.0 Å². The molecule has 1 saturated heterocycles. The van der Waals surface area contributed by atoms with Crippen LogP contribution in [0.25, 0.3) is 4.96 Å². The maximum atomic E-state index is 4.59. The van der Waals surface area contributed by atoms with Crippen LogP contribution in [0.4, 0.5) is 0 Å². The zero-order valence-corrected chi connectivity index (χ0v) is 17.5. The molecule has 0 unspecified atom stereocenters. The van der Waals surface area contributed by atoms with E-state index in [1.807, 2.05) is 18.6 Å². The number of halogens is 1. The number of piperidine rings is 1. The summed E-state index contributed by atoms with van der Waals surface area (Å²) in [5, 5.41) is 8.97. The first-order valence-corrected chi connectivity index (χ1v) is 9.27. The fourth-order valence-electron chi connectivity index (χ4n) is 3.04. The highest BCUT2D eigenvalue weighted by Gasteiger charge is 2.19. The van der Waals surface area contributed by atoms with Crippen molar-refractivity contribution in [1.82, 2.24) is 24.9 Å². The lowest BCUT2D eigenvalue weighted by Gasteiger charge is -2.32. The molecule has 2 aromatic rings. The van der Waals surface area contributed by atoms with Gasteiger partial charge in [-0.05, 0) is 25.8 Å². The van der Waals surface area contributed by atoms with Gasteiger partial charge < -0.3 is 15.5 Å². The van der Waals surface area contributed by atoms with Crippen molar-refractivity contribution in [2.75, 3.05) is 26.7 Å². The smallest absolute Gasteiger partial charge is 0.193 e. The van der Waals surface area contributed by atoms with Crippen molar-refractivity contribution in [2.24, 2.45) is 4.99 Å². The van der Waals surface area contributed by atoms with E-state index in [9.17, 15) is 0 Å². The van der Waals surface area contributed by atoms with Crippen molar-refractivity contribution >= 4 is 46.2 Å². The van der Waals surface area contributed by atoms with E-state index in [4.69, 9.17) is 0 Å². The summed E-state index contributed by atoms with van der Waals surface area (Å²) in [6.07, 6.45) is 7.70. The van der Waals surface area contributed by atoms with Crippen LogP contribution in [0.5, 0.6) is 0 Å². The number of rotatable bonds is 5. The van der Waals surface area contributed by atoms with Gasteiger partial charge in [-0.15, -0.1) is 35.3 Å². The van der Waals surface area contributed by atoms with E-state index >= 15 is 0 Å². The minimum Gasteiger partial charge on any atom is -0.354 e. The Bertz CT molecular complexity index is 615. The van der Waals surface area contributed by atoms with Gasteiger partial charge >= 0.3 is 0 Å². The second kappa shape index (κ2) is 9.57. The van der Waals surface area contributed by atoms with E-state index in [1.165, 1.54) is 38.9 Å². The monoisotopic (exact) mass is 462 g/mol. The molecule has 2 aromatic heterocycles. The Balaban J connectivity index is 0.00000208. The van der Waals surface area contributed by atoms with Gasteiger partial charge in [0.15, 0.2) is 10.9 Å². The molecule has 1 aliphatic rings. The highest BCUT2D eigenvalue weighted by Crippen LogP contribution is 2.12. The van der Waals surface area contributed by atoms with Crippen LogP contribution < -0.4 is 10.6 Å². The quantitative estimate of drug-likeness (QED) is 0.408. The number of guanidine groups is 1. The summed E-state index contributed by atoms with van der Waals surface area (Å²) in [4.78, 5) is 12.5. The number of nitrogens with zero attached hydrogens (tertiary/aromatic N) is 4. The predicted molar refractivity (Wildman–Crippen MR) is 112 cm³/mol. The standard InChI is InChI=1S/C16H26N6S.HI/c1-3-6-21-7-4-13(5-8-21)19-15(17-2)18-11-14-12-22-9-10-23-16(22)20-14;/h9-10,12-13H,3-8,11H2,1-2H3,(H2,17,18,19);1H. The van der Waals surface area contributed by atoms with Gasteiger partial charge in [-0.25, -0.2) is 4.98 Å². The largest absolute Gasteiger partial charge is 0.354 e. The molecule has 0 amide bonds. The normalized spacial score (nSPS) is 17.0. The Hall–Kier alpha value is -0.870. The molecular weight excluding hydrogens is 435 g/mol. The molecule has 0 saturated carbocycles. The maximum absolute atomic E-state index is 4.59. The molecule has 0 bridgehead atoms. The van der Waals surface area contributed by atoms with Crippen molar-refractivity contribution in [3.63, 3.8) is 0 Å². The van der Waals surface area contributed by atoms with Gasteiger partial charge in [0.1, 0.15) is 0 Å². The van der Waals surface area contributed by atoms with Crippen LogP contribution in [-0.4, -0.2) is 53.0 Å². The summed E-state index contributed by atoms with van der Waals surface area (Å²) < 4.78 is 2.06. The van der Waals surface area contributed by atoms with Gasteiger partial charge in [0.25, 0.3) is 0 Å². The molecule has 1 fully saturated rings. The second-order valence-electron chi connectivity index (χ2n) is 6.01. The van der Waals surface area contributed by atoms with Crippen LogP contribution in [-0.2, 0) is 6.54 Å². The Kier molecular flexibility index (Phi) is 7.76. The summed E-state index contributed by atoms with van der Waals surface area (Å²) >= 11 is 1.65. The number of hydrogen-bond acceptors (Lipinski definition) is 4. The lowest BCUT2D eigenvalue weighted by Crippen LogP contribution is -2.48. The summed E-state index contributed by atoms with van der Waals surface area (Å²) in [6.45, 7) is 6.52. The van der Waals surface area contributed by atoms with Crippen molar-refractivity contribution in [2.45, 2.75) is 38.8 Å². The third-order valence-electron chi connectivity index (χ3n) is 4.27. The third kappa shape index (κ3) is 5.06. The number of fused-ring (bicyclic) bond motifs is 1. The van der Waals surface area contributed by atoms with Crippen LogP contribution in [0.3, 0.4) is 0 Å². The molecular formula is C16H27IN6S. The van der Waals surface area contributed by atoms with Gasteiger partial charge in [0.05, 0.1) is 12.2 Å². The summed E-state index contributed by atoms with van der Waals surface area (Å²) in [5.74, 6) is 0.871. The first-order chi connectivity index (χ1) is 11.3. The second-order valence-corrected chi connectivity index (χ2v) is 6.88. The number of imidazole rings is 1. The number of aromatic nitrogens is 2. The summed E-state index contributed by atoms with van der Waals surface area (Å²) in [6, 6.07) is 0.514. The number of hydrogen-bond donors (Lipinski definition) is 2. The Labute approximate surface area is 164 Å². The molecule has 24 heavy (non-hydrogen) atoms. The highest BCUT2D eigenvalue weighted by atomic mass is 127. The first kappa shape index (κ1) is 19.5. The van der Waals surface area contributed by atoms with Gasteiger partial charge in [-0.1, -0.05) is 6.92 Å². The lowest BCUT2D eigenvalue weighted by atomic mass is 10.1. The maximum Gasteiger partial charge on any atom is 0.193 e. The minimum absolute atomic E-state index is 0. The van der Waals surface area contributed by atoms with Gasteiger partial charge in [-0.2, -0.15) is 0 Å². The number of likely N-dealkylation sites (tertiary alicyclic amines) is 1. The van der Waals surface area contributed by atoms with Gasteiger partial charge in [0.2, 0.25) is 0 Å². The molecule has 0 radical (unpaired) electrons. The number of nitrogens with one attached hydrogen (secondary N) is 2. The SMILES string of the molecule is CCCN1CCC(NC(=NC)NCc2cn3ccsc3n2)CC1.I. The first-order valence-electron chi connectivity index (χ1n) is 8.39. The van der Waals surface area contributed by atoms with Crippen LogP contribution in [0, 0.1) is 0 Å². The fraction of sp³-hybridized carbons (Fsp3) is 0.625. The van der Waals surface area contributed by atoms with Crippen molar-refractivity contribution in [3.05, 3.63) is 23.5 Å². The molecule has 3 heterocycles. The highest BCUT2D eigenvalue weighted by molar-refractivity contribution is 14.0. The van der Waals surface area contributed by atoms with E-state index in [1.54, 1.807) is 11.3 Å². The molecule has 8 heteroatoms. The van der Waals surface area contributed by atoms with Crippen molar-refractivity contribution in [3.8, 4) is 0 Å². The van der Waals surface area contributed by atoms with Gasteiger partial charge in [0, 0.05) is 44.0 Å². The van der Waals surface area contributed by atoms with Crippen molar-refractivity contribution < 1.29 is 0 Å². The molecule has 3 rings (SSSR count). The molecule has 6 nitrogen and oxygen atoms in total. The van der Waals surface area contributed by atoms with Crippen LogP contribution >= 0.6 is 35.3 Å². The number of thiazole rings is 1. The van der Waals surface area contributed by atoms with Crippen LogP contribution in [0.15, 0.2) is 22.8 Å². The third-order valence-corrected chi connectivity index (χ3v) is 5.04. The zero-order valence-electron chi connectivity index (χ0n) is 14.4. The topological polar surface area (TPSA) is 57.0 Å². The Morgan fingerprint density at radius 3 is 2.88 bits per heavy atom. The molecule has 134 valence electrons. The Morgan fingerprint density at radius 1 is 1.42 bits per heavy atom. The van der Waals surface area contributed by atoms with E-state index in [0.717, 1.165) is 16.6 Å². The Morgan fingerprint density at radius 2 is 2.21 bits per heavy atom. The summed E-state index contributed by atoms with van der Waals surface area (Å²) in [5.41, 5.74) is 1.04. The zero-order chi connectivity index (χ0) is 16.1. The van der Waals surface area contributed by atoms with Crippen LogP contribution in [0.2, 0.25) is 0 Å². The average molecular weight is 462 g/mol. The molecule has 0 aromatic carbocycles. The minimum atomic E-state index is 0. The lowest BCUT2D eigenvalue weighted by molar-refractivity contribution is 0.206. The fourth-order valence-corrected chi connectivity index (χ4v) is 3.76. The van der Waals surface area contributed by atoms with Gasteiger partial charge in [-0.3, -0.25) is 9.39 Å². The predicted octanol–water partition coefficient (Wildman–Crippen LogP) is 2.55. The molecule has 0 aliphatic carbocycles. The van der Waals surface area contributed by atoms with E-state index < -0.39 is 0 Å². The average Bonchev–Trinajstić information content (AvgIpc) is 3.14. The summed E-state index contributed by atoms with van der Waals surface area (Å²) in [7, 11) is 1.83.